The molecule has 1 aromatic carbocycles. The van der Waals surface area contributed by atoms with E-state index in [2.05, 4.69) is 5.32 Å². The molecule has 0 aromatic heterocycles. The first-order chi connectivity index (χ1) is 8.24. The molecule has 4 heteroatoms. The predicted octanol–water partition coefficient (Wildman–Crippen LogP) is 2.44. The minimum absolute atomic E-state index is 0.0962. The Morgan fingerprint density at radius 1 is 1.29 bits per heavy atom. The van der Waals surface area contributed by atoms with Gasteiger partial charge < -0.3 is 10.4 Å². The van der Waals surface area contributed by atoms with Crippen LogP contribution >= 0.6 is 0 Å². The maximum Gasteiger partial charge on any atom is 0.290 e. The van der Waals surface area contributed by atoms with Crippen LogP contribution in [0.2, 0.25) is 0 Å². The summed E-state index contributed by atoms with van der Waals surface area (Å²) in [6.07, 6.45) is 0.548. The maximum absolute atomic E-state index is 10.9. The molecule has 0 saturated carbocycles. The normalized spacial score (nSPS) is 7.71. The summed E-state index contributed by atoms with van der Waals surface area (Å²) < 4.78 is 0. The molecule has 0 unspecified atom stereocenters. The van der Waals surface area contributed by atoms with Crippen molar-refractivity contribution in [3.05, 3.63) is 35.9 Å². The van der Waals surface area contributed by atoms with Crippen LogP contribution in [0.3, 0.4) is 0 Å². The molecule has 4 nitrogen and oxygen atoms in total. The zero-order chi connectivity index (χ0) is 13.5. The monoisotopic (exact) mass is 239 g/mol. The van der Waals surface area contributed by atoms with Gasteiger partial charge in [-0.05, 0) is 5.56 Å². The van der Waals surface area contributed by atoms with Crippen molar-refractivity contribution >= 4 is 12.4 Å². The van der Waals surface area contributed by atoms with E-state index >= 15 is 0 Å². The molecule has 2 N–H and O–H groups in total. The number of amides is 1. The van der Waals surface area contributed by atoms with E-state index in [1.807, 2.05) is 51.1 Å². The third-order valence-corrected chi connectivity index (χ3v) is 1.65. The lowest BCUT2D eigenvalue weighted by Crippen LogP contribution is -2.21. The summed E-state index contributed by atoms with van der Waals surface area (Å²) in [5.41, 5.74) is 1.14. The predicted molar refractivity (Wildman–Crippen MR) is 68.6 cm³/mol. The highest BCUT2D eigenvalue weighted by atomic mass is 16.3. The van der Waals surface area contributed by atoms with Crippen LogP contribution in [0.25, 0.3) is 0 Å². The van der Waals surface area contributed by atoms with Crippen molar-refractivity contribution in [3.8, 4) is 0 Å². The van der Waals surface area contributed by atoms with Crippen molar-refractivity contribution in [1.82, 2.24) is 5.32 Å². The molecule has 0 aliphatic carbocycles. The second kappa shape index (κ2) is 14.2. The van der Waals surface area contributed by atoms with Gasteiger partial charge in [-0.2, -0.15) is 0 Å². The molecule has 1 amide bonds. The number of nitrogens with one attached hydrogen (secondary N) is 1. The van der Waals surface area contributed by atoms with Crippen LogP contribution in [0.4, 0.5) is 0 Å². The van der Waals surface area contributed by atoms with Crippen LogP contribution in [-0.4, -0.2) is 17.5 Å². The minimum atomic E-state index is -0.250. The van der Waals surface area contributed by atoms with Crippen molar-refractivity contribution < 1.29 is 14.7 Å². The molecule has 1 rings (SSSR count). The number of benzene rings is 1. The standard InChI is InChI=1S/C10H13NO.C2H6.CH2O2/c1-2-10(12)11-8-9-6-4-3-5-7-9;1-2;2-1-3/h3-7H,2,8H2,1H3,(H,11,12);1-2H3;1H,(H,2,3). The van der Waals surface area contributed by atoms with Gasteiger partial charge in [0.15, 0.2) is 0 Å². The van der Waals surface area contributed by atoms with Crippen LogP contribution in [0.1, 0.15) is 32.8 Å². The summed E-state index contributed by atoms with van der Waals surface area (Å²) in [6, 6.07) is 9.89. The van der Waals surface area contributed by atoms with Crippen molar-refractivity contribution in [2.24, 2.45) is 0 Å². The van der Waals surface area contributed by atoms with Crippen molar-refractivity contribution in [2.75, 3.05) is 0 Å². The van der Waals surface area contributed by atoms with Crippen LogP contribution in [0.5, 0.6) is 0 Å². The van der Waals surface area contributed by atoms with E-state index < -0.39 is 0 Å². The zero-order valence-corrected chi connectivity index (χ0v) is 10.6. The van der Waals surface area contributed by atoms with Crippen LogP contribution < -0.4 is 5.32 Å². The fourth-order valence-corrected chi connectivity index (χ4v) is 0.922. The van der Waals surface area contributed by atoms with E-state index in [0.29, 0.717) is 13.0 Å². The molecule has 0 aliphatic rings. The van der Waals surface area contributed by atoms with E-state index in [-0.39, 0.29) is 12.4 Å². The first kappa shape index (κ1) is 17.6. The van der Waals surface area contributed by atoms with Crippen LogP contribution in [0.15, 0.2) is 30.3 Å². The first-order valence-electron chi connectivity index (χ1n) is 5.63. The fourth-order valence-electron chi connectivity index (χ4n) is 0.922. The molecule has 1 aromatic rings. The Hall–Kier alpha value is -1.84. The number of hydrogen-bond acceptors (Lipinski definition) is 2. The highest BCUT2D eigenvalue weighted by Crippen LogP contribution is 1.96. The summed E-state index contributed by atoms with van der Waals surface area (Å²) in [5, 5.41) is 9.70. The molecule has 0 atom stereocenters. The van der Waals surface area contributed by atoms with Gasteiger partial charge in [-0.25, -0.2) is 0 Å². The highest BCUT2D eigenvalue weighted by Gasteiger charge is 1.95. The molecule has 96 valence electrons. The average Bonchev–Trinajstić information content (AvgIpc) is 2.40. The molecular formula is C13H21NO3. The maximum atomic E-state index is 10.9. The third kappa shape index (κ3) is 12.1. The van der Waals surface area contributed by atoms with Gasteiger partial charge in [0.1, 0.15) is 0 Å². The number of carbonyl (C=O) groups excluding carboxylic acids is 1. The van der Waals surface area contributed by atoms with Crippen LogP contribution in [0, 0.1) is 0 Å². The molecule has 17 heavy (non-hydrogen) atoms. The molecular weight excluding hydrogens is 218 g/mol. The fraction of sp³-hybridized carbons (Fsp3) is 0.385. The summed E-state index contributed by atoms with van der Waals surface area (Å²) in [7, 11) is 0. The number of hydrogen-bond donors (Lipinski definition) is 2. The van der Waals surface area contributed by atoms with Gasteiger partial charge >= 0.3 is 0 Å². The molecule has 0 spiro atoms. The SMILES string of the molecule is CC.CCC(=O)NCc1ccccc1.O=CO. The summed E-state index contributed by atoms with van der Waals surface area (Å²) in [6.45, 7) is 6.23. The molecule has 0 aliphatic heterocycles. The topological polar surface area (TPSA) is 66.4 Å². The lowest BCUT2D eigenvalue weighted by molar-refractivity contribution is -0.123. The summed E-state index contributed by atoms with van der Waals surface area (Å²) in [4.78, 5) is 19.2. The third-order valence-electron chi connectivity index (χ3n) is 1.65. The van der Waals surface area contributed by atoms with E-state index in [9.17, 15) is 4.79 Å². The minimum Gasteiger partial charge on any atom is -0.483 e. The van der Waals surface area contributed by atoms with Gasteiger partial charge in [-0.15, -0.1) is 0 Å². The second-order valence-corrected chi connectivity index (χ2v) is 2.72. The Labute approximate surface area is 103 Å². The average molecular weight is 239 g/mol. The molecule has 0 fully saturated rings. The number of rotatable bonds is 3. The van der Waals surface area contributed by atoms with Gasteiger partial charge in [-0.1, -0.05) is 51.1 Å². The largest absolute Gasteiger partial charge is 0.483 e. The summed E-state index contributed by atoms with van der Waals surface area (Å²) in [5.74, 6) is 0.0962. The Bertz CT molecular complexity index is 286. The lowest BCUT2D eigenvalue weighted by Gasteiger charge is -2.02. The van der Waals surface area contributed by atoms with Crippen molar-refractivity contribution in [3.63, 3.8) is 0 Å². The Balaban J connectivity index is 0. The Kier molecular flexibility index (Phi) is 14.6. The van der Waals surface area contributed by atoms with Gasteiger partial charge in [0.05, 0.1) is 0 Å². The first-order valence-corrected chi connectivity index (χ1v) is 5.63. The second-order valence-electron chi connectivity index (χ2n) is 2.72. The molecule has 0 bridgehead atoms. The Morgan fingerprint density at radius 2 is 1.76 bits per heavy atom. The van der Waals surface area contributed by atoms with Crippen LogP contribution in [-0.2, 0) is 16.1 Å². The zero-order valence-electron chi connectivity index (χ0n) is 10.6. The van der Waals surface area contributed by atoms with E-state index in [1.54, 1.807) is 0 Å². The molecule has 0 heterocycles. The smallest absolute Gasteiger partial charge is 0.290 e. The Morgan fingerprint density at radius 3 is 2.18 bits per heavy atom. The molecule has 0 saturated heterocycles. The number of carboxylic acid groups (broad SMARTS) is 1. The summed E-state index contributed by atoms with van der Waals surface area (Å²) >= 11 is 0. The van der Waals surface area contributed by atoms with Gasteiger partial charge in [0, 0.05) is 13.0 Å². The lowest BCUT2D eigenvalue weighted by atomic mass is 10.2. The van der Waals surface area contributed by atoms with Crippen molar-refractivity contribution in [1.29, 1.82) is 0 Å². The highest BCUT2D eigenvalue weighted by molar-refractivity contribution is 5.75. The van der Waals surface area contributed by atoms with E-state index in [1.165, 1.54) is 0 Å². The quantitative estimate of drug-likeness (QED) is 0.796. The van der Waals surface area contributed by atoms with E-state index in [4.69, 9.17) is 9.90 Å². The van der Waals surface area contributed by atoms with Gasteiger partial charge in [0.2, 0.25) is 5.91 Å². The van der Waals surface area contributed by atoms with Gasteiger partial charge in [-0.3, -0.25) is 9.59 Å². The molecule has 0 radical (unpaired) electrons. The van der Waals surface area contributed by atoms with Crippen molar-refractivity contribution in [2.45, 2.75) is 33.7 Å². The van der Waals surface area contributed by atoms with Gasteiger partial charge in [0.25, 0.3) is 6.47 Å². The van der Waals surface area contributed by atoms with E-state index in [0.717, 1.165) is 5.56 Å². The number of carbonyl (C=O) groups is 2.